The Bertz CT molecular complexity index is 147. The molecule has 0 aromatic heterocycles. The maximum absolute atomic E-state index is 5.60. The zero-order valence-electron chi connectivity index (χ0n) is 6.81. The molecule has 2 aliphatic rings. The molecule has 10 heavy (non-hydrogen) atoms. The van der Waals surface area contributed by atoms with Gasteiger partial charge in [0.15, 0.2) is 11.6 Å². The molecule has 0 aromatic carbocycles. The van der Waals surface area contributed by atoms with E-state index in [-0.39, 0.29) is 11.6 Å². The van der Waals surface area contributed by atoms with Crippen LogP contribution in [-0.2, 0) is 9.47 Å². The lowest BCUT2D eigenvalue weighted by Gasteiger charge is -2.59. The molecule has 1 aliphatic carbocycles. The minimum Gasteiger partial charge on any atom is -0.319 e. The number of hydrogen-bond acceptors (Lipinski definition) is 2. The van der Waals surface area contributed by atoms with Crippen LogP contribution in [-0.4, -0.2) is 11.6 Å². The van der Waals surface area contributed by atoms with Gasteiger partial charge in [-0.05, 0) is 19.8 Å². The fourth-order valence-corrected chi connectivity index (χ4v) is 2.07. The Morgan fingerprint density at radius 3 is 2.00 bits per heavy atom. The normalized spacial score (nSPS) is 35.1. The van der Waals surface area contributed by atoms with E-state index in [1.54, 1.807) is 0 Å². The Labute approximate surface area is 61.5 Å². The van der Waals surface area contributed by atoms with Crippen molar-refractivity contribution in [3.8, 4) is 0 Å². The molecule has 1 saturated carbocycles. The molecule has 1 aliphatic heterocycles. The fraction of sp³-hybridized carbons (Fsp3) is 1.00. The highest BCUT2D eigenvalue weighted by atomic mass is 16.9. The van der Waals surface area contributed by atoms with E-state index in [1.165, 1.54) is 0 Å². The Hall–Kier alpha value is -0.0800. The Morgan fingerprint density at radius 1 is 1.20 bits per heavy atom. The highest BCUT2D eigenvalue weighted by molar-refractivity contribution is 4.93. The van der Waals surface area contributed by atoms with Gasteiger partial charge in [0, 0.05) is 12.8 Å². The Kier molecular flexibility index (Phi) is 1.03. The van der Waals surface area contributed by atoms with Crippen LogP contribution in [0.15, 0.2) is 0 Å². The topological polar surface area (TPSA) is 18.5 Å². The second-order valence-electron chi connectivity index (χ2n) is 4.03. The van der Waals surface area contributed by atoms with E-state index in [0.717, 1.165) is 18.8 Å². The number of rotatable bonds is 0. The summed E-state index contributed by atoms with van der Waals surface area (Å²) >= 11 is 0. The molecule has 2 fully saturated rings. The lowest BCUT2D eigenvalue weighted by atomic mass is 9.78. The van der Waals surface area contributed by atoms with Crippen LogP contribution in [0, 0.1) is 5.92 Å². The molecule has 0 radical (unpaired) electrons. The van der Waals surface area contributed by atoms with E-state index >= 15 is 0 Å². The van der Waals surface area contributed by atoms with Crippen LogP contribution in [0.1, 0.15) is 33.6 Å². The van der Waals surface area contributed by atoms with Gasteiger partial charge in [-0.15, -0.1) is 0 Å². The van der Waals surface area contributed by atoms with Crippen molar-refractivity contribution in [2.24, 2.45) is 5.92 Å². The molecule has 0 unspecified atom stereocenters. The first-order valence-electron chi connectivity index (χ1n) is 3.92. The van der Waals surface area contributed by atoms with Crippen molar-refractivity contribution in [1.29, 1.82) is 0 Å². The van der Waals surface area contributed by atoms with Crippen molar-refractivity contribution in [2.45, 2.75) is 45.2 Å². The summed E-state index contributed by atoms with van der Waals surface area (Å²) in [7, 11) is 0. The molecule has 0 atom stereocenters. The summed E-state index contributed by atoms with van der Waals surface area (Å²) < 4.78 is 11.2. The molecule has 0 bridgehead atoms. The van der Waals surface area contributed by atoms with Gasteiger partial charge in [-0.25, -0.2) is 0 Å². The minimum atomic E-state index is -0.305. The van der Waals surface area contributed by atoms with Crippen LogP contribution in [0.5, 0.6) is 0 Å². The van der Waals surface area contributed by atoms with Gasteiger partial charge in [0.05, 0.1) is 0 Å². The summed E-state index contributed by atoms with van der Waals surface area (Å²) in [4.78, 5) is 0. The van der Waals surface area contributed by atoms with E-state index in [2.05, 4.69) is 6.92 Å². The van der Waals surface area contributed by atoms with Crippen molar-refractivity contribution in [1.82, 2.24) is 0 Å². The molecule has 58 valence electrons. The van der Waals surface area contributed by atoms with Gasteiger partial charge in [-0.2, -0.15) is 0 Å². The second-order valence-corrected chi connectivity index (χ2v) is 4.03. The van der Waals surface area contributed by atoms with Crippen LogP contribution in [0.25, 0.3) is 0 Å². The van der Waals surface area contributed by atoms with Crippen LogP contribution in [0.2, 0.25) is 0 Å². The van der Waals surface area contributed by atoms with Gasteiger partial charge in [-0.1, -0.05) is 6.92 Å². The van der Waals surface area contributed by atoms with Gasteiger partial charge in [-0.3, -0.25) is 0 Å². The predicted octanol–water partition coefficient (Wildman–Crippen LogP) is 1.90. The highest BCUT2D eigenvalue weighted by Crippen LogP contribution is 2.52. The molecule has 0 aromatic rings. The molecular formula is C8H14O2. The van der Waals surface area contributed by atoms with E-state index in [9.17, 15) is 0 Å². The first kappa shape index (κ1) is 6.62. The molecule has 1 heterocycles. The molecule has 2 nitrogen and oxygen atoms in total. The zero-order chi connectivity index (χ0) is 7.41. The third-order valence-electron chi connectivity index (χ3n) is 2.18. The summed E-state index contributed by atoms with van der Waals surface area (Å²) in [5.41, 5.74) is 0. The number of ether oxygens (including phenoxy) is 2. The Balaban J connectivity index is 1.91. The van der Waals surface area contributed by atoms with Crippen LogP contribution >= 0.6 is 0 Å². The van der Waals surface area contributed by atoms with Crippen molar-refractivity contribution in [3.63, 3.8) is 0 Å². The highest BCUT2D eigenvalue weighted by Gasteiger charge is 2.58. The van der Waals surface area contributed by atoms with Crippen LogP contribution in [0.3, 0.4) is 0 Å². The standard InChI is InChI=1S/C8H14O2/c1-6-4-8(5-6)9-7(2,3)10-8/h6H,4-5H2,1-3H3. The van der Waals surface area contributed by atoms with Crippen molar-refractivity contribution in [2.75, 3.05) is 0 Å². The zero-order valence-corrected chi connectivity index (χ0v) is 6.81. The maximum Gasteiger partial charge on any atom is 0.175 e. The van der Waals surface area contributed by atoms with E-state index in [0.29, 0.717) is 0 Å². The largest absolute Gasteiger partial charge is 0.319 e. The van der Waals surface area contributed by atoms with Gasteiger partial charge in [0.25, 0.3) is 0 Å². The van der Waals surface area contributed by atoms with Crippen molar-refractivity contribution >= 4 is 0 Å². The third kappa shape index (κ3) is 0.789. The van der Waals surface area contributed by atoms with Crippen LogP contribution < -0.4 is 0 Å². The summed E-state index contributed by atoms with van der Waals surface area (Å²) in [6, 6.07) is 0. The van der Waals surface area contributed by atoms with Gasteiger partial charge in [0.2, 0.25) is 0 Å². The smallest absolute Gasteiger partial charge is 0.175 e. The van der Waals surface area contributed by atoms with E-state index in [1.807, 2.05) is 13.8 Å². The summed E-state index contributed by atoms with van der Waals surface area (Å²) in [6.45, 7) is 6.14. The number of hydrogen-bond donors (Lipinski definition) is 0. The molecular weight excluding hydrogens is 128 g/mol. The predicted molar refractivity (Wildman–Crippen MR) is 37.4 cm³/mol. The average Bonchev–Trinajstić information content (AvgIpc) is 1.55. The lowest BCUT2D eigenvalue weighted by molar-refractivity contribution is -0.525. The molecule has 1 spiro atoms. The van der Waals surface area contributed by atoms with E-state index < -0.39 is 0 Å². The maximum atomic E-state index is 5.60. The fourth-order valence-electron chi connectivity index (χ4n) is 2.07. The van der Waals surface area contributed by atoms with Crippen LogP contribution in [0.4, 0.5) is 0 Å². The Morgan fingerprint density at radius 2 is 1.70 bits per heavy atom. The molecule has 0 N–H and O–H groups in total. The van der Waals surface area contributed by atoms with Gasteiger partial charge in [0.1, 0.15) is 0 Å². The minimum absolute atomic E-state index is 0.150. The molecule has 1 saturated heterocycles. The first-order chi connectivity index (χ1) is 4.52. The van der Waals surface area contributed by atoms with Crippen molar-refractivity contribution < 1.29 is 9.47 Å². The van der Waals surface area contributed by atoms with Gasteiger partial charge < -0.3 is 9.47 Å². The lowest BCUT2D eigenvalue weighted by Crippen LogP contribution is -2.65. The molecule has 2 heteroatoms. The third-order valence-corrected chi connectivity index (χ3v) is 2.18. The quantitative estimate of drug-likeness (QED) is 0.514. The summed E-state index contributed by atoms with van der Waals surface area (Å²) in [6.07, 6.45) is 2.16. The van der Waals surface area contributed by atoms with Gasteiger partial charge >= 0.3 is 0 Å². The SMILES string of the molecule is CC1CC2(C1)OC(C)(C)O2. The summed E-state index contributed by atoms with van der Waals surface area (Å²) in [5.74, 6) is 0.333. The monoisotopic (exact) mass is 142 g/mol. The van der Waals surface area contributed by atoms with E-state index in [4.69, 9.17) is 9.47 Å². The first-order valence-corrected chi connectivity index (χ1v) is 3.92. The van der Waals surface area contributed by atoms with Crippen molar-refractivity contribution in [3.05, 3.63) is 0 Å². The molecule has 0 amide bonds. The average molecular weight is 142 g/mol. The molecule has 2 rings (SSSR count). The summed E-state index contributed by atoms with van der Waals surface area (Å²) in [5, 5.41) is 0. The second kappa shape index (κ2) is 1.56.